The molecule has 1 aromatic rings. The second-order valence-corrected chi connectivity index (χ2v) is 8.41. The van der Waals surface area contributed by atoms with Crippen LogP contribution in [0.4, 0.5) is 0 Å². The van der Waals surface area contributed by atoms with Crippen molar-refractivity contribution in [3.63, 3.8) is 0 Å². The Kier molecular flexibility index (Phi) is 3.86. The summed E-state index contributed by atoms with van der Waals surface area (Å²) < 4.78 is 22.9. The van der Waals surface area contributed by atoms with E-state index in [1.807, 2.05) is 13.8 Å². The Bertz CT molecular complexity index is 652. The van der Waals surface area contributed by atoms with Gasteiger partial charge in [-0.1, -0.05) is 0 Å². The molecular formula is C14H18ClNO3S. The fourth-order valence-electron chi connectivity index (χ4n) is 2.65. The molecule has 1 aliphatic rings. The molecule has 0 atom stereocenters. The van der Waals surface area contributed by atoms with Gasteiger partial charge in [0.1, 0.15) is 0 Å². The number of carbonyl (C=O) groups is 1. The Balaban J connectivity index is 2.43. The van der Waals surface area contributed by atoms with Crippen LogP contribution >= 0.6 is 10.7 Å². The Morgan fingerprint density at radius 3 is 2.45 bits per heavy atom. The highest BCUT2D eigenvalue weighted by molar-refractivity contribution is 8.13. The average molecular weight is 316 g/mol. The lowest BCUT2D eigenvalue weighted by atomic mass is 10.0. The summed E-state index contributed by atoms with van der Waals surface area (Å²) in [7, 11) is 1.54. The van der Waals surface area contributed by atoms with E-state index in [1.54, 1.807) is 17.9 Å². The van der Waals surface area contributed by atoms with Gasteiger partial charge in [0.2, 0.25) is 0 Å². The number of likely N-dealkylation sites (tertiary alicyclic amines) is 1. The van der Waals surface area contributed by atoms with Crippen molar-refractivity contribution in [2.24, 2.45) is 0 Å². The molecular weight excluding hydrogens is 298 g/mol. The summed E-state index contributed by atoms with van der Waals surface area (Å²) in [5.41, 5.74) is 0.882. The van der Waals surface area contributed by atoms with Gasteiger partial charge in [-0.3, -0.25) is 4.79 Å². The third-order valence-electron chi connectivity index (χ3n) is 3.73. The van der Waals surface area contributed by atoms with Crippen molar-refractivity contribution in [3.05, 3.63) is 29.3 Å². The number of benzene rings is 1. The lowest BCUT2D eigenvalue weighted by Gasteiger charge is -2.31. The molecule has 2 rings (SSSR count). The highest BCUT2D eigenvalue weighted by atomic mass is 35.7. The van der Waals surface area contributed by atoms with Crippen LogP contribution in [0.1, 0.15) is 42.6 Å². The monoisotopic (exact) mass is 315 g/mol. The molecule has 0 aromatic heterocycles. The number of halogens is 1. The fourth-order valence-corrected chi connectivity index (χ4v) is 3.51. The second kappa shape index (κ2) is 5.04. The standard InChI is InChI=1S/C14H18ClNO3S/c1-10-7-11(9-12(8-10)20(15,18)19)13(17)16-6-4-5-14(16,2)3/h7-9H,4-6H2,1-3H3. The number of amides is 1. The second-order valence-electron chi connectivity index (χ2n) is 5.85. The highest BCUT2D eigenvalue weighted by Gasteiger charge is 2.36. The van der Waals surface area contributed by atoms with Crippen LogP contribution in [-0.2, 0) is 9.05 Å². The van der Waals surface area contributed by atoms with Crippen molar-refractivity contribution in [1.82, 2.24) is 4.90 Å². The van der Waals surface area contributed by atoms with Gasteiger partial charge in [0.15, 0.2) is 0 Å². The van der Waals surface area contributed by atoms with Crippen LogP contribution in [0.3, 0.4) is 0 Å². The minimum absolute atomic E-state index is 0.0282. The zero-order valence-electron chi connectivity index (χ0n) is 11.8. The van der Waals surface area contributed by atoms with Gasteiger partial charge in [0.25, 0.3) is 15.0 Å². The predicted octanol–water partition coefficient (Wildman–Crippen LogP) is 2.94. The minimum atomic E-state index is -3.83. The molecule has 20 heavy (non-hydrogen) atoms. The Morgan fingerprint density at radius 2 is 1.95 bits per heavy atom. The van der Waals surface area contributed by atoms with E-state index in [9.17, 15) is 13.2 Å². The molecule has 1 fully saturated rings. The maximum Gasteiger partial charge on any atom is 0.261 e. The fraction of sp³-hybridized carbons (Fsp3) is 0.500. The third-order valence-corrected chi connectivity index (χ3v) is 5.06. The first kappa shape index (κ1) is 15.3. The molecule has 0 N–H and O–H groups in total. The van der Waals surface area contributed by atoms with Gasteiger partial charge in [-0.25, -0.2) is 8.42 Å². The van der Waals surface area contributed by atoms with Crippen molar-refractivity contribution >= 4 is 25.6 Å². The molecule has 1 heterocycles. The first-order valence-corrected chi connectivity index (χ1v) is 8.80. The zero-order chi connectivity index (χ0) is 15.1. The highest BCUT2D eigenvalue weighted by Crippen LogP contribution is 2.30. The van der Waals surface area contributed by atoms with Gasteiger partial charge in [0.05, 0.1) is 4.90 Å². The normalized spacial score (nSPS) is 18.3. The summed E-state index contributed by atoms with van der Waals surface area (Å²) in [4.78, 5) is 14.4. The number of hydrogen-bond donors (Lipinski definition) is 0. The maximum absolute atomic E-state index is 12.6. The topological polar surface area (TPSA) is 54.5 Å². The van der Waals surface area contributed by atoms with Crippen LogP contribution in [0.25, 0.3) is 0 Å². The minimum Gasteiger partial charge on any atom is -0.334 e. The molecule has 1 aliphatic heterocycles. The van der Waals surface area contributed by atoms with E-state index < -0.39 is 9.05 Å². The molecule has 1 aromatic carbocycles. The van der Waals surface area contributed by atoms with Crippen molar-refractivity contribution in [1.29, 1.82) is 0 Å². The number of rotatable bonds is 2. The van der Waals surface area contributed by atoms with E-state index >= 15 is 0 Å². The number of aryl methyl sites for hydroxylation is 1. The smallest absolute Gasteiger partial charge is 0.261 e. The molecule has 110 valence electrons. The van der Waals surface area contributed by atoms with Crippen molar-refractivity contribution in [2.75, 3.05) is 6.54 Å². The Labute approximate surface area is 124 Å². The van der Waals surface area contributed by atoms with Crippen LogP contribution in [0.5, 0.6) is 0 Å². The van der Waals surface area contributed by atoms with Crippen molar-refractivity contribution < 1.29 is 13.2 Å². The number of carbonyl (C=O) groups excluding carboxylic acids is 1. The first-order valence-electron chi connectivity index (χ1n) is 6.49. The average Bonchev–Trinajstić information content (AvgIpc) is 2.66. The molecule has 0 spiro atoms. The summed E-state index contributed by atoms with van der Waals surface area (Å²) in [6.07, 6.45) is 1.91. The lowest BCUT2D eigenvalue weighted by molar-refractivity contribution is 0.0651. The summed E-state index contributed by atoms with van der Waals surface area (Å²) in [5.74, 6) is -0.141. The number of hydrogen-bond acceptors (Lipinski definition) is 3. The van der Waals surface area contributed by atoms with E-state index in [0.29, 0.717) is 17.7 Å². The van der Waals surface area contributed by atoms with Crippen molar-refractivity contribution in [3.8, 4) is 0 Å². The van der Waals surface area contributed by atoms with Gasteiger partial charge in [-0.2, -0.15) is 0 Å². The lowest BCUT2D eigenvalue weighted by Crippen LogP contribution is -2.42. The third kappa shape index (κ3) is 2.99. The summed E-state index contributed by atoms with van der Waals surface area (Å²) in [6, 6.07) is 4.52. The maximum atomic E-state index is 12.6. The van der Waals surface area contributed by atoms with Crippen LogP contribution in [-0.4, -0.2) is 31.3 Å². The van der Waals surface area contributed by atoms with Gasteiger partial charge >= 0.3 is 0 Å². The van der Waals surface area contributed by atoms with E-state index in [4.69, 9.17) is 10.7 Å². The molecule has 0 aliphatic carbocycles. The summed E-state index contributed by atoms with van der Waals surface area (Å²) in [5, 5.41) is 0. The van der Waals surface area contributed by atoms with Gasteiger partial charge < -0.3 is 4.90 Å². The van der Waals surface area contributed by atoms with Crippen LogP contribution < -0.4 is 0 Å². The van der Waals surface area contributed by atoms with E-state index in [0.717, 1.165) is 12.8 Å². The van der Waals surface area contributed by atoms with Crippen LogP contribution in [0.2, 0.25) is 0 Å². The molecule has 0 unspecified atom stereocenters. The molecule has 0 radical (unpaired) electrons. The largest absolute Gasteiger partial charge is 0.334 e. The van der Waals surface area contributed by atoms with Crippen LogP contribution in [0.15, 0.2) is 23.1 Å². The Morgan fingerprint density at radius 1 is 1.30 bits per heavy atom. The quantitative estimate of drug-likeness (QED) is 0.788. The van der Waals surface area contributed by atoms with Gasteiger partial charge in [0, 0.05) is 28.3 Å². The SMILES string of the molecule is Cc1cc(C(=O)N2CCCC2(C)C)cc(S(=O)(=O)Cl)c1. The molecule has 6 heteroatoms. The predicted molar refractivity (Wildman–Crippen MR) is 78.6 cm³/mol. The summed E-state index contributed by atoms with van der Waals surface area (Å²) >= 11 is 0. The summed E-state index contributed by atoms with van der Waals surface area (Å²) in [6.45, 7) is 6.49. The molecule has 1 saturated heterocycles. The first-order chi connectivity index (χ1) is 9.11. The number of nitrogens with zero attached hydrogens (tertiary/aromatic N) is 1. The van der Waals surface area contributed by atoms with E-state index in [1.165, 1.54) is 12.1 Å². The van der Waals surface area contributed by atoms with Crippen molar-refractivity contribution in [2.45, 2.75) is 44.0 Å². The molecule has 1 amide bonds. The molecule has 0 saturated carbocycles. The van der Waals surface area contributed by atoms with E-state index in [2.05, 4.69) is 0 Å². The zero-order valence-corrected chi connectivity index (χ0v) is 13.4. The van der Waals surface area contributed by atoms with Gasteiger partial charge in [-0.05, 0) is 57.4 Å². The molecule has 4 nitrogen and oxygen atoms in total. The molecule has 0 bridgehead atoms. The van der Waals surface area contributed by atoms with E-state index in [-0.39, 0.29) is 16.3 Å². The van der Waals surface area contributed by atoms with Gasteiger partial charge in [-0.15, -0.1) is 0 Å². The Hall–Kier alpha value is -1.07. The van der Waals surface area contributed by atoms with Crippen LogP contribution in [0, 0.1) is 6.92 Å².